The van der Waals surface area contributed by atoms with Crippen LogP contribution in [0.3, 0.4) is 0 Å². The van der Waals surface area contributed by atoms with Gasteiger partial charge in [-0.2, -0.15) is 4.52 Å². The first-order chi connectivity index (χ1) is 12.1. The first-order valence-corrected chi connectivity index (χ1v) is 10.4. The highest BCUT2D eigenvalue weighted by Crippen LogP contribution is 2.50. The lowest BCUT2D eigenvalue weighted by Crippen LogP contribution is -2.02. The average Bonchev–Trinajstić information content (AvgIpc) is 3.10. The molecule has 0 aliphatic heterocycles. The molecule has 10 heteroatoms. The SMILES string of the molecule is CCOP(=S)(OCC)OCc1cc2ccc(OC)cc2n2nnnc12. The highest BCUT2D eigenvalue weighted by atomic mass is 32.5. The molecule has 25 heavy (non-hydrogen) atoms. The number of pyridine rings is 1. The summed E-state index contributed by atoms with van der Waals surface area (Å²) in [6.45, 7) is 1.98. The minimum Gasteiger partial charge on any atom is -0.497 e. The van der Waals surface area contributed by atoms with Crippen molar-refractivity contribution in [2.75, 3.05) is 20.3 Å². The van der Waals surface area contributed by atoms with E-state index in [4.69, 9.17) is 30.1 Å². The minimum absolute atomic E-state index is 0.198. The molecule has 134 valence electrons. The van der Waals surface area contributed by atoms with E-state index in [0.29, 0.717) is 18.9 Å². The summed E-state index contributed by atoms with van der Waals surface area (Å²) in [5.74, 6) is 0.733. The molecule has 0 atom stereocenters. The van der Waals surface area contributed by atoms with E-state index >= 15 is 0 Å². The Labute approximate surface area is 150 Å². The summed E-state index contributed by atoms with van der Waals surface area (Å²) in [4.78, 5) is 0. The molecule has 2 aromatic heterocycles. The summed E-state index contributed by atoms with van der Waals surface area (Å²) in [6.07, 6.45) is 0. The van der Waals surface area contributed by atoms with Crippen LogP contribution in [0.5, 0.6) is 5.75 Å². The fourth-order valence-corrected chi connectivity index (χ4v) is 4.38. The third-order valence-corrected chi connectivity index (χ3v) is 6.05. The van der Waals surface area contributed by atoms with Gasteiger partial charge in [-0.25, -0.2) is 0 Å². The van der Waals surface area contributed by atoms with Crippen molar-refractivity contribution in [2.24, 2.45) is 0 Å². The maximum absolute atomic E-state index is 5.82. The van der Waals surface area contributed by atoms with Gasteiger partial charge in [0.15, 0.2) is 5.65 Å². The van der Waals surface area contributed by atoms with Crippen molar-refractivity contribution in [2.45, 2.75) is 20.5 Å². The van der Waals surface area contributed by atoms with Crippen molar-refractivity contribution in [1.82, 2.24) is 20.0 Å². The van der Waals surface area contributed by atoms with Crippen LogP contribution in [0.1, 0.15) is 19.4 Å². The standard InChI is InChI=1S/C15H19N4O4PS/c1-4-21-24(25,22-5-2)23-10-12-8-11-6-7-13(20-3)9-14(11)19-15(12)16-17-18-19/h6-9H,4-5,10H2,1-3H3. The summed E-state index contributed by atoms with van der Waals surface area (Å²) >= 11 is 5.40. The summed E-state index contributed by atoms with van der Waals surface area (Å²) in [7, 11) is 1.62. The van der Waals surface area contributed by atoms with E-state index in [0.717, 1.165) is 22.2 Å². The zero-order valence-corrected chi connectivity index (χ0v) is 15.9. The molecule has 1 aromatic carbocycles. The first kappa shape index (κ1) is 18.2. The molecule has 0 aliphatic carbocycles. The van der Waals surface area contributed by atoms with Crippen molar-refractivity contribution in [3.05, 3.63) is 29.8 Å². The van der Waals surface area contributed by atoms with Crippen molar-refractivity contribution in [3.63, 3.8) is 0 Å². The lowest BCUT2D eigenvalue weighted by atomic mass is 10.1. The molecule has 0 aliphatic rings. The van der Waals surface area contributed by atoms with Gasteiger partial charge in [0, 0.05) is 17.0 Å². The monoisotopic (exact) mass is 382 g/mol. The third-order valence-electron chi connectivity index (χ3n) is 3.50. The molecule has 0 saturated heterocycles. The Morgan fingerprint density at radius 3 is 2.56 bits per heavy atom. The van der Waals surface area contributed by atoms with Gasteiger partial charge in [0.2, 0.25) is 0 Å². The third kappa shape index (κ3) is 3.80. The van der Waals surface area contributed by atoms with Crippen LogP contribution >= 0.6 is 6.72 Å². The van der Waals surface area contributed by atoms with Crippen molar-refractivity contribution in [1.29, 1.82) is 0 Å². The van der Waals surface area contributed by atoms with Gasteiger partial charge in [-0.3, -0.25) is 0 Å². The number of hydrogen-bond donors (Lipinski definition) is 0. The second-order valence-electron chi connectivity index (χ2n) is 5.06. The molecule has 0 N–H and O–H groups in total. The quantitative estimate of drug-likeness (QED) is 0.550. The van der Waals surface area contributed by atoms with E-state index in [2.05, 4.69) is 15.5 Å². The maximum atomic E-state index is 5.82. The first-order valence-electron chi connectivity index (χ1n) is 7.81. The van der Waals surface area contributed by atoms with Gasteiger partial charge in [-0.1, -0.05) is 0 Å². The number of rotatable bonds is 8. The van der Waals surface area contributed by atoms with Crippen molar-refractivity contribution >= 4 is 35.1 Å². The lowest BCUT2D eigenvalue weighted by Gasteiger charge is -2.20. The highest BCUT2D eigenvalue weighted by molar-refractivity contribution is 8.07. The van der Waals surface area contributed by atoms with Gasteiger partial charge in [-0.05, 0) is 54.3 Å². The van der Waals surface area contributed by atoms with E-state index in [1.54, 1.807) is 11.6 Å². The topological polar surface area (TPSA) is 80.0 Å². The van der Waals surface area contributed by atoms with Gasteiger partial charge >= 0.3 is 6.72 Å². The number of ether oxygens (including phenoxy) is 1. The maximum Gasteiger partial charge on any atom is 0.327 e. The molecule has 0 amide bonds. The predicted octanol–water partition coefficient (Wildman–Crippen LogP) is 3.10. The molecule has 3 aromatic rings. The number of aromatic nitrogens is 4. The van der Waals surface area contributed by atoms with E-state index in [1.807, 2.05) is 38.1 Å². The summed E-state index contributed by atoms with van der Waals surface area (Å²) in [5.41, 5.74) is 2.24. The van der Waals surface area contributed by atoms with Gasteiger partial charge in [0.05, 0.1) is 32.4 Å². The average molecular weight is 382 g/mol. The fourth-order valence-electron chi connectivity index (χ4n) is 2.44. The number of methoxy groups -OCH3 is 1. The molecule has 0 saturated carbocycles. The Bertz CT molecular complexity index is 922. The molecule has 0 bridgehead atoms. The molecule has 0 radical (unpaired) electrons. The molecular weight excluding hydrogens is 363 g/mol. The van der Waals surface area contributed by atoms with Crippen LogP contribution in [-0.2, 0) is 32.0 Å². The van der Waals surface area contributed by atoms with E-state index in [1.165, 1.54) is 0 Å². The van der Waals surface area contributed by atoms with Crippen LogP contribution in [0.4, 0.5) is 0 Å². The lowest BCUT2D eigenvalue weighted by molar-refractivity contribution is 0.161. The van der Waals surface area contributed by atoms with Gasteiger partial charge in [0.1, 0.15) is 5.75 Å². The molecule has 2 heterocycles. The van der Waals surface area contributed by atoms with Crippen LogP contribution in [0, 0.1) is 0 Å². The van der Waals surface area contributed by atoms with Crippen LogP contribution in [-0.4, -0.2) is 40.4 Å². The number of tetrazole rings is 1. The molecule has 8 nitrogen and oxygen atoms in total. The number of hydrogen-bond acceptors (Lipinski definition) is 8. The smallest absolute Gasteiger partial charge is 0.327 e. The second-order valence-corrected chi connectivity index (χ2v) is 8.08. The zero-order valence-electron chi connectivity index (χ0n) is 14.2. The van der Waals surface area contributed by atoms with Gasteiger partial charge in [-0.15, -0.1) is 5.10 Å². The molecule has 0 unspecified atom stereocenters. The normalized spacial score (nSPS) is 12.1. The molecular formula is C15H19N4O4PS. The van der Waals surface area contributed by atoms with E-state index in [9.17, 15) is 0 Å². The fraction of sp³-hybridized carbons (Fsp3) is 0.400. The van der Waals surface area contributed by atoms with Crippen molar-refractivity contribution < 1.29 is 18.3 Å². The Balaban J connectivity index is 1.98. The van der Waals surface area contributed by atoms with Gasteiger partial charge in [0.25, 0.3) is 0 Å². The number of benzene rings is 1. The van der Waals surface area contributed by atoms with Crippen LogP contribution in [0.2, 0.25) is 0 Å². The summed E-state index contributed by atoms with van der Waals surface area (Å²) < 4.78 is 23.8. The molecule has 3 rings (SSSR count). The van der Waals surface area contributed by atoms with E-state index in [-0.39, 0.29) is 6.61 Å². The van der Waals surface area contributed by atoms with Crippen LogP contribution in [0.25, 0.3) is 16.6 Å². The Morgan fingerprint density at radius 2 is 1.88 bits per heavy atom. The Hall–Kier alpha value is -1.64. The number of nitrogens with zero attached hydrogens (tertiary/aromatic N) is 4. The minimum atomic E-state index is -2.78. The van der Waals surface area contributed by atoms with Crippen molar-refractivity contribution in [3.8, 4) is 5.75 Å². The molecule has 0 spiro atoms. The van der Waals surface area contributed by atoms with E-state index < -0.39 is 6.72 Å². The largest absolute Gasteiger partial charge is 0.497 e. The van der Waals surface area contributed by atoms with Gasteiger partial charge < -0.3 is 18.3 Å². The Morgan fingerprint density at radius 1 is 1.12 bits per heavy atom. The molecule has 0 fully saturated rings. The second kappa shape index (κ2) is 7.72. The van der Waals surface area contributed by atoms with Crippen LogP contribution in [0.15, 0.2) is 24.3 Å². The summed E-state index contributed by atoms with van der Waals surface area (Å²) in [5, 5.41) is 12.9. The predicted molar refractivity (Wildman–Crippen MR) is 97.2 cm³/mol. The van der Waals surface area contributed by atoms with Crippen LogP contribution < -0.4 is 4.74 Å². The summed E-state index contributed by atoms with van der Waals surface area (Å²) in [6, 6.07) is 7.68. The Kier molecular flexibility index (Phi) is 5.61. The number of fused-ring (bicyclic) bond motifs is 3. The zero-order chi connectivity index (χ0) is 17.9. The highest BCUT2D eigenvalue weighted by Gasteiger charge is 2.21.